The average Bonchev–Trinajstić information content (AvgIpc) is 2.85. The van der Waals surface area contributed by atoms with Gasteiger partial charge in [-0.1, -0.05) is 6.07 Å². The minimum atomic E-state index is -3.47. The SMILES string of the molecule is COCCN(C(C)C)S(=O)(=O)c1ccc2c(c1)CNC2. The number of hydrogen-bond donors (Lipinski definition) is 1. The molecule has 1 aliphatic heterocycles. The normalized spacial score (nSPS) is 15.1. The van der Waals surface area contributed by atoms with E-state index in [1.54, 1.807) is 19.2 Å². The van der Waals surface area contributed by atoms with Gasteiger partial charge in [-0.15, -0.1) is 0 Å². The topological polar surface area (TPSA) is 58.6 Å². The summed E-state index contributed by atoms with van der Waals surface area (Å²) in [4.78, 5) is 0.366. The Morgan fingerprint density at radius 1 is 1.30 bits per heavy atom. The van der Waals surface area contributed by atoms with Crippen LogP contribution in [0.2, 0.25) is 0 Å². The van der Waals surface area contributed by atoms with Gasteiger partial charge < -0.3 is 10.1 Å². The molecule has 0 atom stereocenters. The molecule has 0 aliphatic carbocycles. The highest BCUT2D eigenvalue weighted by Gasteiger charge is 2.27. The van der Waals surface area contributed by atoms with E-state index < -0.39 is 10.0 Å². The number of hydrogen-bond acceptors (Lipinski definition) is 4. The van der Waals surface area contributed by atoms with Crippen molar-refractivity contribution in [2.24, 2.45) is 0 Å². The lowest BCUT2D eigenvalue weighted by Gasteiger charge is -2.25. The van der Waals surface area contributed by atoms with Crippen molar-refractivity contribution < 1.29 is 13.2 Å². The highest BCUT2D eigenvalue weighted by atomic mass is 32.2. The van der Waals surface area contributed by atoms with Crippen LogP contribution >= 0.6 is 0 Å². The van der Waals surface area contributed by atoms with Crippen LogP contribution < -0.4 is 5.32 Å². The standard InChI is InChI=1S/C14H22N2O3S/c1-11(2)16(6-7-19-3)20(17,18)14-5-4-12-9-15-10-13(12)8-14/h4-5,8,11,15H,6-7,9-10H2,1-3H3. The molecule has 0 radical (unpaired) electrons. The first-order chi connectivity index (χ1) is 9.46. The molecule has 1 aromatic rings. The molecule has 0 aromatic heterocycles. The van der Waals surface area contributed by atoms with Crippen LogP contribution in [-0.4, -0.2) is 39.0 Å². The Bertz CT molecular complexity index is 570. The second-order valence-electron chi connectivity index (χ2n) is 5.24. The van der Waals surface area contributed by atoms with E-state index in [-0.39, 0.29) is 6.04 Å². The minimum absolute atomic E-state index is 0.0958. The fourth-order valence-electron chi connectivity index (χ4n) is 2.40. The predicted molar refractivity (Wildman–Crippen MR) is 77.9 cm³/mol. The quantitative estimate of drug-likeness (QED) is 0.861. The van der Waals surface area contributed by atoms with Crippen molar-refractivity contribution in [3.05, 3.63) is 29.3 Å². The van der Waals surface area contributed by atoms with Crippen molar-refractivity contribution in [3.8, 4) is 0 Å². The van der Waals surface area contributed by atoms with E-state index >= 15 is 0 Å². The van der Waals surface area contributed by atoms with Gasteiger partial charge in [-0.25, -0.2) is 8.42 Å². The van der Waals surface area contributed by atoms with E-state index in [9.17, 15) is 8.42 Å². The van der Waals surface area contributed by atoms with E-state index in [1.165, 1.54) is 9.87 Å². The fourth-order valence-corrected chi connectivity index (χ4v) is 4.08. The van der Waals surface area contributed by atoms with Crippen LogP contribution in [0.3, 0.4) is 0 Å². The maximum absolute atomic E-state index is 12.7. The number of methoxy groups -OCH3 is 1. The molecule has 0 spiro atoms. The molecule has 1 N–H and O–H groups in total. The predicted octanol–water partition coefficient (Wildman–Crippen LogP) is 1.34. The van der Waals surface area contributed by atoms with Gasteiger partial charge in [-0.2, -0.15) is 4.31 Å². The monoisotopic (exact) mass is 298 g/mol. The van der Waals surface area contributed by atoms with E-state index in [0.29, 0.717) is 18.0 Å². The van der Waals surface area contributed by atoms with Gasteiger partial charge in [0, 0.05) is 32.8 Å². The number of ether oxygens (including phenoxy) is 1. The molecule has 0 unspecified atom stereocenters. The summed E-state index contributed by atoms with van der Waals surface area (Å²) in [6.45, 7) is 6.06. The van der Waals surface area contributed by atoms with Gasteiger partial charge in [0.05, 0.1) is 11.5 Å². The summed E-state index contributed by atoms with van der Waals surface area (Å²) in [5.74, 6) is 0. The van der Waals surface area contributed by atoms with Gasteiger partial charge in [-0.05, 0) is 37.1 Å². The summed E-state index contributed by atoms with van der Waals surface area (Å²) in [5, 5.41) is 3.22. The summed E-state index contributed by atoms with van der Waals surface area (Å²) in [6, 6.07) is 5.29. The number of rotatable bonds is 6. The number of nitrogens with zero attached hydrogens (tertiary/aromatic N) is 1. The molecule has 2 rings (SSSR count). The second-order valence-corrected chi connectivity index (χ2v) is 7.13. The van der Waals surface area contributed by atoms with E-state index in [4.69, 9.17) is 4.74 Å². The van der Waals surface area contributed by atoms with Crippen LogP contribution in [0.15, 0.2) is 23.1 Å². The Hall–Kier alpha value is -0.950. The number of nitrogens with one attached hydrogen (secondary N) is 1. The lowest BCUT2D eigenvalue weighted by Crippen LogP contribution is -2.39. The third kappa shape index (κ3) is 3.03. The summed E-state index contributed by atoms with van der Waals surface area (Å²) in [7, 11) is -1.89. The van der Waals surface area contributed by atoms with Gasteiger partial charge in [0.15, 0.2) is 0 Å². The van der Waals surface area contributed by atoms with Crippen LogP contribution in [0.5, 0.6) is 0 Å². The van der Waals surface area contributed by atoms with Crippen LogP contribution in [-0.2, 0) is 27.8 Å². The molecule has 0 amide bonds. The van der Waals surface area contributed by atoms with Crippen molar-refractivity contribution in [1.29, 1.82) is 0 Å². The van der Waals surface area contributed by atoms with Gasteiger partial charge in [-0.3, -0.25) is 0 Å². The number of fused-ring (bicyclic) bond motifs is 1. The molecule has 0 saturated carbocycles. The van der Waals surface area contributed by atoms with Crippen LogP contribution in [0, 0.1) is 0 Å². The molecular formula is C14H22N2O3S. The van der Waals surface area contributed by atoms with Crippen LogP contribution in [0.4, 0.5) is 0 Å². The van der Waals surface area contributed by atoms with E-state index in [1.807, 2.05) is 19.9 Å². The first-order valence-corrected chi connectivity index (χ1v) is 8.24. The Morgan fingerprint density at radius 3 is 2.65 bits per heavy atom. The molecule has 112 valence electrons. The lowest BCUT2D eigenvalue weighted by molar-refractivity contribution is 0.171. The lowest BCUT2D eigenvalue weighted by atomic mass is 10.1. The van der Waals surface area contributed by atoms with Gasteiger partial charge >= 0.3 is 0 Å². The molecule has 1 heterocycles. The van der Waals surface area contributed by atoms with E-state index in [0.717, 1.165) is 18.7 Å². The van der Waals surface area contributed by atoms with Crippen molar-refractivity contribution in [2.45, 2.75) is 37.9 Å². The first-order valence-electron chi connectivity index (χ1n) is 6.80. The molecule has 5 nitrogen and oxygen atoms in total. The number of benzene rings is 1. The summed E-state index contributed by atoms with van der Waals surface area (Å²) in [6.07, 6.45) is 0. The van der Waals surface area contributed by atoms with E-state index in [2.05, 4.69) is 5.32 Å². The zero-order valence-electron chi connectivity index (χ0n) is 12.2. The maximum Gasteiger partial charge on any atom is 0.243 e. The Morgan fingerprint density at radius 2 is 2.00 bits per heavy atom. The third-order valence-corrected chi connectivity index (χ3v) is 5.58. The maximum atomic E-state index is 12.7. The summed E-state index contributed by atoms with van der Waals surface area (Å²) < 4.78 is 32.0. The molecular weight excluding hydrogens is 276 g/mol. The largest absolute Gasteiger partial charge is 0.383 e. The highest BCUT2D eigenvalue weighted by molar-refractivity contribution is 7.89. The molecule has 20 heavy (non-hydrogen) atoms. The minimum Gasteiger partial charge on any atom is -0.383 e. The average molecular weight is 298 g/mol. The van der Waals surface area contributed by atoms with Crippen molar-refractivity contribution in [3.63, 3.8) is 0 Å². The Balaban J connectivity index is 2.32. The van der Waals surface area contributed by atoms with Crippen LogP contribution in [0.1, 0.15) is 25.0 Å². The zero-order valence-corrected chi connectivity index (χ0v) is 13.0. The molecule has 0 fully saturated rings. The number of sulfonamides is 1. The zero-order chi connectivity index (χ0) is 14.8. The van der Waals surface area contributed by atoms with Crippen LogP contribution in [0.25, 0.3) is 0 Å². The van der Waals surface area contributed by atoms with Crippen molar-refractivity contribution >= 4 is 10.0 Å². The summed E-state index contributed by atoms with van der Waals surface area (Å²) in [5.41, 5.74) is 2.25. The Labute approximate surface area is 121 Å². The third-order valence-electron chi connectivity index (χ3n) is 3.51. The van der Waals surface area contributed by atoms with Gasteiger partial charge in [0.2, 0.25) is 10.0 Å². The fraction of sp³-hybridized carbons (Fsp3) is 0.571. The molecule has 1 aromatic carbocycles. The molecule has 0 bridgehead atoms. The first kappa shape index (κ1) is 15.4. The highest BCUT2D eigenvalue weighted by Crippen LogP contribution is 2.23. The Kier molecular flexibility index (Phi) is 4.80. The molecule has 6 heteroatoms. The smallest absolute Gasteiger partial charge is 0.243 e. The molecule has 1 aliphatic rings. The van der Waals surface area contributed by atoms with Crippen molar-refractivity contribution in [1.82, 2.24) is 9.62 Å². The second kappa shape index (κ2) is 6.22. The van der Waals surface area contributed by atoms with Crippen molar-refractivity contribution in [2.75, 3.05) is 20.3 Å². The molecule has 0 saturated heterocycles. The van der Waals surface area contributed by atoms with Gasteiger partial charge in [0.1, 0.15) is 0 Å². The summed E-state index contributed by atoms with van der Waals surface area (Å²) >= 11 is 0. The van der Waals surface area contributed by atoms with Gasteiger partial charge in [0.25, 0.3) is 0 Å².